The average molecular weight is 484 g/mol. The molecule has 0 unspecified atom stereocenters. The molecule has 9 heteroatoms. The third-order valence-corrected chi connectivity index (χ3v) is 8.60. The van der Waals surface area contributed by atoms with E-state index in [2.05, 4.69) is 5.32 Å². The van der Waals surface area contributed by atoms with E-state index >= 15 is 0 Å². The van der Waals surface area contributed by atoms with Gasteiger partial charge < -0.3 is 10.2 Å². The Balaban J connectivity index is 1.51. The first kappa shape index (κ1) is 23.2. The standard InChI is InChI=1S/C24H25N3O4S2/c1-3-26(4-2)33(30,31)20-11-8-18(9-12-20)23(28)25-19-10-7-17-13-14-27(21(17)16-19)24(29)22-6-5-15-32-22/h5-12,15-16H,3-4,13-14H2,1-2H3,(H,25,28). The summed E-state index contributed by atoms with van der Waals surface area (Å²) in [7, 11) is -3.58. The second kappa shape index (κ2) is 9.46. The number of carbonyl (C=O) groups is 2. The lowest BCUT2D eigenvalue weighted by Crippen LogP contribution is -2.30. The molecule has 2 heterocycles. The number of hydrogen-bond donors (Lipinski definition) is 1. The molecule has 0 saturated carbocycles. The number of nitrogens with one attached hydrogen (secondary N) is 1. The molecule has 172 valence electrons. The molecule has 33 heavy (non-hydrogen) atoms. The smallest absolute Gasteiger partial charge is 0.268 e. The average Bonchev–Trinajstić information content (AvgIpc) is 3.49. The molecule has 0 bridgehead atoms. The van der Waals surface area contributed by atoms with Crippen LogP contribution < -0.4 is 10.2 Å². The lowest BCUT2D eigenvalue weighted by Gasteiger charge is -2.18. The van der Waals surface area contributed by atoms with E-state index in [0.717, 1.165) is 17.7 Å². The highest BCUT2D eigenvalue weighted by molar-refractivity contribution is 7.89. The largest absolute Gasteiger partial charge is 0.322 e. The molecule has 0 saturated heterocycles. The fraction of sp³-hybridized carbons (Fsp3) is 0.250. The molecule has 0 spiro atoms. The molecule has 0 radical (unpaired) electrons. The number of fused-ring (bicyclic) bond motifs is 1. The minimum atomic E-state index is -3.58. The summed E-state index contributed by atoms with van der Waals surface area (Å²) in [6.07, 6.45) is 0.767. The highest BCUT2D eigenvalue weighted by atomic mass is 32.2. The highest BCUT2D eigenvalue weighted by Gasteiger charge is 2.27. The number of amides is 2. The summed E-state index contributed by atoms with van der Waals surface area (Å²) in [5.74, 6) is -0.395. The number of nitrogens with zero attached hydrogens (tertiary/aromatic N) is 2. The fourth-order valence-corrected chi connectivity index (χ4v) is 6.03. The molecule has 0 aliphatic carbocycles. The Bertz CT molecular complexity index is 1270. The highest BCUT2D eigenvalue weighted by Crippen LogP contribution is 2.33. The monoisotopic (exact) mass is 483 g/mol. The molecule has 1 N–H and O–H groups in total. The van der Waals surface area contributed by atoms with Gasteiger partial charge in [-0.15, -0.1) is 11.3 Å². The lowest BCUT2D eigenvalue weighted by atomic mass is 10.1. The van der Waals surface area contributed by atoms with Crippen molar-refractivity contribution in [2.75, 3.05) is 29.9 Å². The Morgan fingerprint density at radius 2 is 1.79 bits per heavy atom. The molecule has 0 atom stereocenters. The molecular formula is C24H25N3O4S2. The van der Waals surface area contributed by atoms with E-state index in [4.69, 9.17) is 0 Å². The molecule has 1 aliphatic rings. The zero-order chi connectivity index (χ0) is 23.6. The van der Waals surface area contributed by atoms with Gasteiger partial charge in [0.15, 0.2) is 0 Å². The summed E-state index contributed by atoms with van der Waals surface area (Å²) in [6.45, 7) is 4.94. The summed E-state index contributed by atoms with van der Waals surface area (Å²) < 4.78 is 26.7. The molecule has 1 aromatic heterocycles. The van der Waals surface area contributed by atoms with E-state index < -0.39 is 10.0 Å². The van der Waals surface area contributed by atoms with Crippen LogP contribution in [0.5, 0.6) is 0 Å². The number of sulfonamides is 1. The predicted octanol–water partition coefficient (Wildman–Crippen LogP) is 4.23. The number of thiophene rings is 1. The van der Waals surface area contributed by atoms with Crippen molar-refractivity contribution in [2.24, 2.45) is 0 Å². The first-order valence-corrected chi connectivity index (χ1v) is 13.1. The maximum absolute atomic E-state index is 12.8. The number of benzene rings is 2. The third-order valence-electron chi connectivity index (χ3n) is 5.68. The second-order valence-electron chi connectivity index (χ2n) is 7.60. The minimum Gasteiger partial charge on any atom is -0.322 e. The van der Waals surface area contributed by atoms with Crippen molar-refractivity contribution in [3.05, 3.63) is 76.0 Å². The van der Waals surface area contributed by atoms with Gasteiger partial charge in [-0.1, -0.05) is 26.0 Å². The number of rotatable bonds is 7. The predicted molar refractivity (Wildman–Crippen MR) is 131 cm³/mol. The zero-order valence-electron chi connectivity index (χ0n) is 18.4. The van der Waals surface area contributed by atoms with Crippen LogP contribution in [0.15, 0.2) is 64.9 Å². The summed E-state index contributed by atoms with van der Waals surface area (Å²) in [6, 6.07) is 15.1. The number of anilines is 2. The van der Waals surface area contributed by atoms with Crippen molar-refractivity contribution in [2.45, 2.75) is 25.2 Å². The van der Waals surface area contributed by atoms with Crippen LogP contribution in [0.4, 0.5) is 11.4 Å². The van der Waals surface area contributed by atoms with Crippen LogP contribution >= 0.6 is 11.3 Å². The van der Waals surface area contributed by atoms with E-state index in [1.165, 1.54) is 39.9 Å². The van der Waals surface area contributed by atoms with Gasteiger partial charge in [-0.25, -0.2) is 8.42 Å². The molecule has 2 amide bonds. The maximum Gasteiger partial charge on any atom is 0.268 e. The van der Waals surface area contributed by atoms with Crippen molar-refractivity contribution >= 4 is 44.5 Å². The number of carbonyl (C=O) groups excluding carboxylic acids is 2. The van der Waals surface area contributed by atoms with Crippen molar-refractivity contribution < 1.29 is 18.0 Å². The molecule has 3 aromatic rings. The molecule has 4 rings (SSSR count). The van der Waals surface area contributed by atoms with Crippen LogP contribution in [0.25, 0.3) is 0 Å². The first-order chi connectivity index (χ1) is 15.8. The summed E-state index contributed by atoms with van der Waals surface area (Å²) in [5.41, 5.74) is 2.78. The van der Waals surface area contributed by atoms with Gasteiger partial charge in [0.1, 0.15) is 0 Å². The van der Waals surface area contributed by atoms with Gasteiger partial charge >= 0.3 is 0 Å². The van der Waals surface area contributed by atoms with Gasteiger partial charge in [0.05, 0.1) is 9.77 Å². The molecule has 7 nitrogen and oxygen atoms in total. The Hall–Kier alpha value is -3.01. The van der Waals surface area contributed by atoms with Crippen LogP contribution in [0.2, 0.25) is 0 Å². The number of hydrogen-bond acceptors (Lipinski definition) is 5. The first-order valence-electron chi connectivity index (χ1n) is 10.7. The molecule has 1 aliphatic heterocycles. The van der Waals surface area contributed by atoms with Gasteiger partial charge in [-0.05, 0) is 59.8 Å². The summed E-state index contributed by atoms with van der Waals surface area (Å²) >= 11 is 1.41. The molecule has 0 fully saturated rings. The van der Waals surface area contributed by atoms with Gasteiger partial charge in [-0.2, -0.15) is 4.31 Å². The Morgan fingerprint density at radius 3 is 2.42 bits per heavy atom. The van der Waals surface area contributed by atoms with E-state index in [1.54, 1.807) is 24.8 Å². The third kappa shape index (κ3) is 4.57. The summed E-state index contributed by atoms with van der Waals surface area (Å²) in [5, 5.41) is 4.73. The van der Waals surface area contributed by atoms with Gasteiger partial charge in [0.2, 0.25) is 10.0 Å². The summed E-state index contributed by atoms with van der Waals surface area (Å²) in [4.78, 5) is 28.2. The van der Waals surface area contributed by atoms with Gasteiger partial charge in [0.25, 0.3) is 11.8 Å². The van der Waals surface area contributed by atoms with E-state index in [1.807, 2.05) is 29.6 Å². The minimum absolute atomic E-state index is 0.0442. The quantitative estimate of drug-likeness (QED) is 0.545. The van der Waals surface area contributed by atoms with Crippen molar-refractivity contribution in [3.8, 4) is 0 Å². The van der Waals surface area contributed by atoms with Gasteiger partial charge in [0, 0.05) is 36.6 Å². The Morgan fingerprint density at radius 1 is 1.06 bits per heavy atom. The van der Waals surface area contributed by atoms with E-state index in [9.17, 15) is 18.0 Å². The maximum atomic E-state index is 12.8. The van der Waals surface area contributed by atoms with Crippen molar-refractivity contribution in [3.63, 3.8) is 0 Å². The lowest BCUT2D eigenvalue weighted by molar-refractivity contribution is 0.0991. The van der Waals surface area contributed by atoms with Crippen LogP contribution in [0.1, 0.15) is 39.4 Å². The second-order valence-corrected chi connectivity index (χ2v) is 10.5. The Labute approximate surface area is 197 Å². The molecule has 2 aromatic carbocycles. The fourth-order valence-electron chi connectivity index (χ4n) is 3.90. The Kier molecular flexibility index (Phi) is 6.64. The van der Waals surface area contributed by atoms with Crippen LogP contribution in [0, 0.1) is 0 Å². The topological polar surface area (TPSA) is 86.8 Å². The van der Waals surface area contributed by atoms with Crippen molar-refractivity contribution in [1.82, 2.24) is 4.31 Å². The molecular weight excluding hydrogens is 458 g/mol. The van der Waals surface area contributed by atoms with Crippen LogP contribution in [-0.4, -0.2) is 44.2 Å². The van der Waals surface area contributed by atoms with Gasteiger partial charge in [-0.3, -0.25) is 9.59 Å². The zero-order valence-corrected chi connectivity index (χ0v) is 20.1. The van der Waals surface area contributed by atoms with Crippen LogP contribution in [-0.2, 0) is 16.4 Å². The van der Waals surface area contributed by atoms with E-state index in [-0.39, 0.29) is 16.7 Å². The SMILES string of the molecule is CCN(CC)S(=O)(=O)c1ccc(C(=O)Nc2ccc3c(c2)N(C(=O)c2cccs2)CC3)cc1. The van der Waals surface area contributed by atoms with Crippen LogP contribution in [0.3, 0.4) is 0 Å². The normalized spacial score (nSPS) is 13.2. The van der Waals surface area contributed by atoms with E-state index in [0.29, 0.717) is 35.8 Å². The van der Waals surface area contributed by atoms with Crippen molar-refractivity contribution in [1.29, 1.82) is 0 Å².